The van der Waals surface area contributed by atoms with E-state index in [-0.39, 0.29) is 70.0 Å². The van der Waals surface area contributed by atoms with Crippen molar-refractivity contribution in [1.82, 2.24) is 24.8 Å². The number of likely N-dealkylation sites (tertiary alicyclic amines) is 1. The zero-order valence-corrected chi connectivity index (χ0v) is 42.2. The molecule has 67 heavy (non-hydrogen) atoms. The minimum Gasteiger partial charge on any atom is -0.480 e. The number of pyridine rings is 1. The van der Waals surface area contributed by atoms with E-state index in [9.17, 15) is 4.79 Å². The highest BCUT2D eigenvalue weighted by atomic mass is 28.3. The van der Waals surface area contributed by atoms with Gasteiger partial charge < -0.3 is 33.5 Å². The number of anilines is 1. The lowest BCUT2D eigenvalue weighted by atomic mass is 9.95. The van der Waals surface area contributed by atoms with E-state index in [1.165, 1.54) is 26.7 Å². The van der Waals surface area contributed by atoms with Crippen molar-refractivity contribution in [2.45, 2.75) is 129 Å². The maximum Gasteiger partial charge on any atom is 0.410 e. The van der Waals surface area contributed by atoms with Crippen LogP contribution in [0.15, 0.2) is 24.3 Å². The van der Waals surface area contributed by atoms with Gasteiger partial charge in [-0.1, -0.05) is 53.5 Å². The van der Waals surface area contributed by atoms with Crippen LogP contribution in [-0.2, 0) is 9.47 Å². The fourth-order valence-electron chi connectivity index (χ4n) is 11.8. The molecule has 9 rings (SSSR count). The molecule has 0 radical (unpaired) electrons. The number of benzene rings is 2. The molecule has 15 heteroatoms. The first-order valence-corrected chi connectivity index (χ1v) is 26.6. The molecule has 5 aliphatic rings. The second-order valence-electron chi connectivity index (χ2n) is 21.9. The van der Waals surface area contributed by atoms with Gasteiger partial charge >= 0.3 is 12.1 Å². The number of carbonyl (C=O) groups is 1. The number of carbonyl (C=O) groups excluding carboxylic acids is 1. The molecule has 4 aromatic rings. The summed E-state index contributed by atoms with van der Waals surface area (Å²) >= 11 is 0. The summed E-state index contributed by atoms with van der Waals surface area (Å²) in [4.78, 5) is 34.9. The number of aromatic nitrogens is 3. The molecular formula is C52H68F2N6O6Si. The zero-order chi connectivity index (χ0) is 47.7. The van der Waals surface area contributed by atoms with E-state index in [4.69, 9.17) is 38.6 Å². The highest BCUT2D eigenvalue weighted by Gasteiger charge is 2.51. The predicted molar refractivity (Wildman–Crippen MR) is 259 cm³/mol. The minimum atomic E-state index is -2.34. The van der Waals surface area contributed by atoms with E-state index in [0.717, 1.165) is 57.2 Å². The van der Waals surface area contributed by atoms with Gasteiger partial charge in [-0.05, 0) is 105 Å². The SMILES string of the molecule is COCOc1cc(-c2nc(OC)c3c(N4CC5CCC(C4)N5C(=O)OC(C)(C)C)nc(OCC4(CN5CC6CC6C5)CC4)nc3c2F)c2c(C#C[Si](C(C)C)(C(C)C)C(C)C)c(F)ccc2c1. The first-order valence-electron chi connectivity index (χ1n) is 24.3. The van der Waals surface area contributed by atoms with Gasteiger partial charge in [0, 0.05) is 56.2 Å². The van der Waals surface area contributed by atoms with E-state index in [1.807, 2.05) is 25.7 Å². The van der Waals surface area contributed by atoms with Gasteiger partial charge in [-0.2, -0.15) is 9.97 Å². The van der Waals surface area contributed by atoms with Crippen LogP contribution >= 0.6 is 0 Å². The third-order valence-corrected chi connectivity index (χ3v) is 21.6. The second-order valence-corrected chi connectivity index (χ2v) is 27.5. The van der Waals surface area contributed by atoms with Gasteiger partial charge in [-0.3, -0.25) is 4.90 Å². The molecule has 360 valence electrons. The molecule has 0 spiro atoms. The van der Waals surface area contributed by atoms with Crippen LogP contribution in [0, 0.1) is 40.3 Å². The molecule has 0 N–H and O–H groups in total. The predicted octanol–water partition coefficient (Wildman–Crippen LogP) is 10.4. The molecule has 2 aromatic carbocycles. The fraction of sp³-hybridized carbons (Fsp3) is 0.615. The van der Waals surface area contributed by atoms with Crippen molar-refractivity contribution in [2.24, 2.45) is 17.3 Å². The first kappa shape index (κ1) is 47.3. The molecule has 3 saturated heterocycles. The maximum atomic E-state index is 18.2. The van der Waals surface area contributed by atoms with Crippen LogP contribution in [0.2, 0.25) is 16.6 Å². The number of nitrogens with zero attached hydrogens (tertiary/aromatic N) is 6. The van der Waals surface area contributed by atoms with Crippen LogP contribution in [0.3, 0.4) is 0 Å². The normalized spacial score (nSPS) is 22.1. The Morgan fingerprint density at radius 2 is 1.57 bits per heavy atom. The lowest BCUT2D eigenvalue weighted by molar-refractivity contribution is 0.0122. The van der Waals surface area contributed by atoms with Crippen molar-refractivity contribution < 1.29 is 37.3 Å². The van der Waals surface area contributed by atoms with Gasteiger partial charge in [0.05, 0.1) is 31.4 Å². The summed E-state index contributed by atoms with van der Waals surface area (Å²) in [6.07, 6.45) is 4.65. The van der Waals surface area contributed by atoms with E-state index in [1.54, 1.807) is 18.2 Å². The molecule has 1 amide bonds. The number of hydrogen-bond donors (Lipinski definition) is 0. The van der Waals surface area contributed by atoms with Gasteiger partial charge in [0.2, 0.25) is 5.88 Å². The number of rotatable bonds is 14. The average molecular weight is 939 g/mol. The van der Waals surface area contributed by atoms with Gasteiger partial charge in [0.25, 0.3) is 0 Å². The third-order valence-electron chi connectivity index (χ3n) is 15.3. The molecule has 2 saturated carbocycles. The van der Waals surface area contributed by atoms with Crippen molar-refractivity contribution in [3.8, 4) is 40.4 Å². The summed E-state index contributed by atoms with van der Waals surface area (Å²) in [5.41, 5.74) is 4.23. The maximum absolute atomic E-state index is 18.2. The van der Waals surface area contributed by atoms with Crippen molar-refractivity contribution in [3.05, 3.63) is 41.5 Å². The Bertz CT molecular complexity index is 2580. The number of hydrogen-bond acceptors (Lipinski definition) is 11. The van der Waals surface area contributed by atoms with Crippen LogP contribution in [0.4, 0.5) is 19.4 Å². The summed E-state index contributed by atoms with van der Waals surface area (Å²) < 4.78 is 64.5. The van der Waals surface area contributed by atoms with Crippen LogP contribution < -0.4 is 19.1 Å². The summed E-state index contributed by atoms with van der Waals surface area (Å²) in [5.74, 6) is 4.64. The fourth-order valence-corrected chi connectivity index (χ4v) is 17.0. The lowest BCUT2D eigenvalue weighted by Gasteiger charge is -2.42. The molecule has 2 aliphatic carbocycles. The van der Waals surface area contributed by atoms with Gasteiger partial charge in [-0.25, -0.2) is 18.6 Å². The average Bonchev–Trinajstić information content (AvgIpc) is 4.15. The van der Waals surface area contributed by atoms with Gasteiger partial charge in [0.1, 0.15) is 47.7 Å². The van der Waals surface area contributed by atoms with Crippen LogP contribution in [-0.4, -0.2) is 117 Å². The van der Waals surface area contributed by atoms with Crippen molar-refractivity contribution in [3.63, 3.8) is 0 Å². The van der Waals surface area contributed by atoms with E-state index >= 15 is 8.78 Å². The van der Waals surface area contributed by atoms with Crippen molar-refractivity contribution >= 4 is 41.7 Å². The highest BCUT2D eigenvalue weighted by molar-refractivity contribution is 6.90. The number of piperazine rings is 1. The Labute approximate surface area is 395 Å². The number of piperidine rings is 1. The summed E-state index contributed by atoms with van der Waals surface area (Å²) in [6, 6.07) is 6.24. The van der Waals surface area contributed by atoms with E-state index in [2.05, 4.69) is 62.8 Å². The molecule has 4 unspecified atom stereocenters. The van der Waals surface area contributed by atoms with Crippen LogP contribution in [0.25, 0.3) is 32.9 Å². The van der Waals surface area contributed by atoms with Crippen LogP contribution in [0.5, 0.6) is 17.6 Å². The molecule has 12 nitrogen and oxygen atoms in total. The molecule has 3 aliphatic heterocycles. The molecule has 2 bridgehead atoms. The number of amides is 1. The first-order chi connectivity index (χ1) is 31.8. The standard InChI is InChI=1S/C52H68F2N6O6Si/c1-30(2)67(31(3)4,32(5)6)19-16-39-41(53)15-12-33-21-38(65-29-62-10)22-40(42(33)39)45-44(54)46-43(48(55-45)63-11)47(59-25-36-13-14-37(26-59)60(36)50(61)66-51(7,8)9)57-49(56-46)64-28-52(17-18-52)27-58-23-34-20-35(34)24-58/h12,15,21-22,30-32,34-37H,13-14,17-18,20,23-29H2,1-11H3. The van der Waals surface area contributed by atoms with E-state index < -0.39 is 25.3 Å². The number of halogens is 2. The molecule has 5 fully saturated rings. The summed E-state index contributed by atoms with van der Waals surface area (Å²) in [6.45, 7) is 23.3. The Balaban J connectivity index is 1.20. The van der Waals surface area contributed by atoms with Crippen molar-refractivity contribution in [1.29, 1.82) is 0 Å². The molecule has 2 aromatic heterocycles. The number of methoxy groups -OCH3 is 2. The van der Waals surface area contributed by atoms with E-state index in [0.29, 0.717) is 58.7 Å². The second kappa shape index (κ2) is 17.9. The van der Waals surface area contributed by atoms with Gasteiger partial charge in [-0.15, -0.1) is 5.54 Å². The van der Waals surface area contributed by atoms with Gasteiger partial charge in [0.15, 0.2) is 12.6 Å². The number of ether oxygens (including phenoxy) is 5. The van der Waals surface area contributed by atoms with Crippen LogP contribution in [0.1, 0.15) is 100.0 Å². The monoisotopic (exact) mass is 938 g/mol. The third kappa shape index (κ3) is 9.03. The quantitative estimate of drug-likeness (QED) is 0.0684. The Morgan fingerprint density at radius 3 is 2.16 bits per heavy atom. The number of fused-ring (bicyclic) bond motifs is 5. The largest absolute Gasteiger partial charge is 0.480 e. The topological polar surface area (TPSA) is 112 Å². The Kier molecular flexibility index (Phi) is 12.7. The minimum absolute atomic E-state index is 0.0166. The highest BCUT2D eigenvalue weighted by Crippen LogP contribution is 2.51. The smallest absolute Gasteiger partial charge is 0.410 e. The molecular weight excluding hydrogens is 871 g/mol. The Hall–Kier alpha value is -4.78. The summed E-state index contributed by atoms with van der Waals surface area (Å²) in [5, 5.41) is 1.28. The molecule has 4 atom stereocenters. The Morgan fingerprint density at radius 1 is 0.896 bits per heavy atom. The lowest BCUT2D eigenvalue weighted by Crippen LogP contribution is -2.57. The molecule has 5 heterocycles. The van der Waals surface area contributed by atoms with Crippen molar-refractivity contribution in [2.75, 3.05) is 65.2 Å². The summed E-state index contributed by atoms with van der Waals surface area (Å²) in [7, 11) is 0.671. The zero-order valence-electron chi connectivity index (χ0n) is 41.2.